The monoisotopic (exact) mass is 468 g/mol. The van der Waals surface area contributed by atoms with Crippen LogP contribution in [0.2, 0.25) is 0 Å². The van der Waals surface area contributed by atoms with Crippen molar-refractivity contribution in [2.45, 2.75) is 38.1 Å². The smallest absolute Gasteiger partial charge is 0.261 e. The Morgan fingerprint density at radius 2 is 1.91 bits per heavy atom. The summed E-state index contributed by atoms with van der Waals surface area (Å²) in [5.74, 6) is 1.39. The van der Waals surface area contributed by atoms with Gasteiger partial charge < -0.3 is 10.6 Å². The maximum Gasteiger partial charge on any atom is 0.261 e. The fraction of sp³-hybridized carbons (Fsp3) is 0.231. The molecule has 170 valence electrons. The lowest BCUT2D eigenvalue weighted by molar-refractivity contribution is 0.0932. The van der Waals surface area contributed by atoms with Crippen LogP contribution in [-0.4, -0.2) is 32.1 Å². The Balaban J connectivity index is 1.22. The first-order valence-electron chi connectivity index (χ1n) is 11.6. The molecule has 5 aromatic rings. The van der Waals surface area contributed by atoms with E-state index >= 15 is 0 Å². The number of carbonyl (C=O) groups is 1. The minimum Gasteiger partial charge on any atom is -0.349 e. The van der Waals surface area contributed by atoms with E-state index in [2.05, 4.69) is 31.9 Å². The first kappa shape index (κ1) is 20.8. The molecule has 2 aromatic carbocycles. The van der Waals surface area contributed by atoms with Crippen LogP contribution in [0.1, 0.15) is 41.8 Å². The van der Waals surface area contributed by atoms with Crippen LogP contribution in [0.5, 0.6) is 0 Å². The molecule has 1 saturated carbocycles. The lowest BCUT2D eigenvalue weighted by Gasteiger charge is -2.22. The van der Waals surface area contributed by atoms with Crippen LogP contribution >= 0.6 is 11.3 Å². The van der Waals surface area contributed by atoms with Crippen molar-refractivity contribution in [1.82, 2.24) is 25.5 Å². The van der Waals surface area contributed by atoms with E-state index in [-0.39, 0.29) is 5.91 Å². The van der Waals surface area contributed by atoms with E-state index in [9.17, 15) is 4.79 Å². The maximum absolute atomic E-state index is 12.8. The fourth-order valence-corrected chi connectivity index (χ4v) is 5.53. The predicted molar refractivity (Wildman–Crippen MR) is 137 cm³/mol. The summed E-state index contributed by atoms with van der Waals surface area (Å²) >= 11 is 1.52. The molecule has 1 aliphatic rings. The van der Waals surface area contributed by atoms with Crippen molar-refractivity contribution in [2.24, 2.45) is 0 Å². The van der Waals surface area contributed by atoms with Crippen molar-refractivity contribution in [3.8, 4) is 11.4 Å². The molecule has 8 heteroatoms. The van der Waals surface area contributed by atoms with Crippen molar-refractivity contribution in [3.05, 3.63) is 65.8 Å². The molecule has 7 nitrogen and oxygen atoms in total. The zero-order valence-corrected chi connectivity index (χ0v) is 19.4. The number of benzene rings is 2. The normalized spacial score (nSPS) is 14.5. The number of hydrogen-bond acceptors (Lipinski definition) is 6. The number of carbonyl (C=O) groups excluding carboxylic acids is 1. The van der Waals surface area contributed by atoms with Gasteiger partial charge in [-0.15, -0.1) is 11.3 Å². The summed E-state index contributed by atoms with van der Waals surface area (Å²) in [5, 5.41) is 15.7. The Bertz CT molecular complexity index is 1480. The van der Waals surface area contributed by atoms with Crippen LogP contribution in [0.4, 0.5) is 11.5 Å². The van der Waals surface area contributed by atoms with E-state index in [0.29, 0.717) is 17.7 Å². The first-order valence-corrected chi connectivity index (χ1v) is 12.4. The van der Waals surface area contributed by atoms with Crippen LogP contribution in [0.15, 0.2) is 60.9 Å². The number of nitrogens with zero attached hydrogens (tertiary/aromatic N) is 3. The number of thiophene rings is 1. The van der Waals surface area contributed by atoms with E-state index in [0.717, 1.165) is 50.0 Å². The number of aromatic nitrogens is 4. The Morgan fingerprint density at radius 1 is 1.00 bits per heavy atom. The second-order valence-corrected chi connectivity index (χ2v) is 9.82. The van der Waals surface area contributed by atoms with Gasteiger partial charge in [0.15, 0.2) is 5.82 Å². The number of H-pyrrole nitrogens is 1. The number of anilines is 2. The Kier molecular flexibility index (Phi) is 5.43. The summed E-state index contributed by atoms with van der Waals surface area (Å²) in [6.45, 7) is 0. The molecule has 0 atom stereocenters. The largest absolute Gasteiger partial charge is 0.349 e. The van der Waals surface area contributed by atoms with E-state index < -0.39 is 0 Å². The maximum atomic E-state index is 12.8. The van der Waals surface area contributed by atoms with E-state index in [1.165, 1.54) is 30.6 Å². The van der Waals surface area contributed by atoms with Gasteiger partial charge >= 0.3 is 0 Å². The highest BCUT2D eigenvalue weighted by Gasteiger charge is 2.18. The van der Waals surface area contributed by atoms with Gasteiger partial charge in [0.1, 0.15) is 5.82 Å². The van der Waals surface area contributed by atoms with E-state index in [1.54, 1.807) is 12.4 Å². The summed E-state index contributed by atoms with van der Waals surface area (Å²) < 4.78 is 1.05. The van der Waals surface area contributed by atoms with Gasteiger partial charge in [-0.2, -0.15) is 5.10 Å². The highest BCUT2D eigenvalue weighted by atomic mass is 32.1. The molecule has 3 heterocycles. The molecule has 3 N–H and O–H groups in total. The molecule has 0 unspecified atom stereocenters. The lowest BCUT2D eigenvalue weighted by atomic mass is 9.95. The zero-order chi connectivity index (χ0) is 22.9. The molecule has 0 spiro atoms. The molecule has 0 saturated heterocycles. The summed E-state index contributed by atoms with van der Waals surface area (Å²) in [7, 11) is 0. The van der Waals surface area contributed by atoms with Gasteiger partial charge in [-0.1, -0.05) is 31.4 Å². The minimum atomic E-state index is 0.0340. The molecular formula is C26H24N6OS. The number of nitrogens with one attached hydrogen (secondary N) is 3. The van der Waals surface area contributed by atoms with Crippen LogP contribution in [-0.2, 0) is 0 Å². The summed E-state index contributed by atoms with van der Waals surface area (Å²) in [6.07, 6.45) is 9.39. The predicted octanol–water partition coefficient (Wildman–Crippen LogP) is 6.04. The number of aromatic amines is 1. The average molecular weight is 469 g/mol. The van der Waals surface area contributed by atoms with Gasteiger partial charge in [0.25, 0.3) is 5.91 Å². The lowest BCUT2D eigenvalue weighted by Crippen LogP contribution is -2.35. The highest BCUT2D eigenvalue weighted by molar-refractivity contribution is 7.20. The topological polar surface area (TPSA) is 95.6 Å². The molecule has 0 radical (unpaired) electrons. The Morgan fingerprint density at radius 3 is 2.82 bits per heavy atom. The van der Waals surface area contributed by atoms with Crippen molar-refractivity contribution in [3.63, 3.8) is 0 Å². The van der Waals surface area contributed by atoms with Gasteiger partial charge in [0.2, 0.25) is 0 Å². The molecule has 1 aliphatic carbocycles. The highest BCUT2D eigenvalue weighted by Crippen LogP contribution is 2.30. The van der Waals surface area contributed by atoms with Crippen LogP contribution in [0.3, 0.4) is 0 Å². The minimum absolute atomic E-state index is 0.0340. The Labute approximate surface area is 200 Å². The van der Waals surface area contributed by atoms with Crippen molar-refractivity contribution >= 4 is 49.7 Å². The van der Waals surface area contributed by atoms with Crippen molar-refractivity contribution in [1.29, 1.82) is 0 Å². The number of amides is 1. The van der Waals surface area contributed by atoms with Gasteiger partial charge in [0, 0.05) is 33.6 Å². The molecule has 1 fully saturated rings. The molecule has 3 aromatic heterocycles. The average Bonchev–Trinajstić information content (AvgIpc) is 3.51. The molecule has 0 aliphatic heterocycles. The Hall–Kier alpha value is -3.78. The summed E-state index contributed by atoms with van der Waals surface area (Å²) in [5.41, 5.74) is 2.84. The van der Waals surface area contributed by atoms with Crippen LogP contribution in [0.25, 0.3) is 32.4 Å². The van der Waals surface area contributed by atoms with Crippen molar-refractivity contribution in [2.75, 3.05) is 5.32 Å². The molecule has 1 amide bonds. The van der Waals surface area contributed by atoms with E-state index in [1.807, 2.05) is 42.5 Å². The van der Waals surface area contributed by atoms with E-state index in [4.69, 9.17) is 4.98 Å². The van der Waals surface area contributed by atoms with Gasteiger partial charge in [-0.25, -0.2) is 9.97 Å². The summed E-state index contributed by atoms with van der Waals surface area (Å²) in [6, 6.07) is 16.2. The zero-order valence-electron chi connectivity index (χ0n) is 18.5. The molecular weight excluding hydrogens is 444 g/mol. The molecule has 6 rings (SSSR count). The van der Waals surface area contributed by atoms with Crippen LogP contribution in [0, 0.1) is 0 Å². The molecule has 0 bridgehead atoms. The number of hydrogen-bond donors (Lipinski definition) is 3. The van der Waals surface area contributed by atoms with Crippen molar-refractivity contribution < 1.29 is 4.79 Å². The van der Waals surface area contributed by atoms with Gasteiger partial charge in [-0.3, -0.25) is 9.89 Å². The second-order valence-electron chi connectivity index (χ2n) is 8.73. The third-order valence-electron chi connectivity index (χ3n) is 6.31. The first-order chi connectivity index (χ1) is 16.7. The van der Waals surface area contributed by atoms with Crippen LogP contribution < -0.4 is 10.6 Å². The molecule has 34 heavy (non-hydrogen) atoms. The SMILES string of the molecule is O=C(NC1CCCCC1)c1cc2ccc(-c3nccc(Nc4ccc5[nH]ncc5c4)n3)cc2s1. The number of rotatable bonds is 5. The van der Waals surface area contributed by atoms with Gasteiger partial charge in [-0.05, 0) is 54.6 Å². The third-order valence-corrected chi connectivity index (χ3v) is 7.41. The number of fused-ring (bicyclic) bond motifs is 2. The second kappa shape index (κ2) is 8.87. The van der Waals surface area contributed by atoms with Gasteiger partial charge in [0.05, 0.1) is 16.6 Å². The standard InChI is InChI=1S/C26H24N6OS/c33-26(30-19-4-2-1-3-5-19)23-13-16-6-7-17(14-22(16)34-23)25-27-11-10-24(31-25)29-20-8-9-21-18(12-20)15-28-32-21/h6-15,19H,1-5H2,(H,28,32)(H,30,33)(H,27,29,31). The quantitative estimate of drug-likeness (QED) is 0.292. The third kappa shape index (κ3) is 4.24. The summed E-state index contributed by atoms with van der Waals surface area (Å²) in [4.78, 5) is 22.7. The fourth-order valence-electron chi connectivity index (χ4n) is 4.52.